The number of carbonyl (C=O) groups is 1. The van der Waals surface area contributed by atoms with Crippen LogP contribution in [-0.4, -0.2) is 48.7 Å². The summed E-state index contributed by atoms with van der Waals surface area (Å²) >= 11 is 0. The highest BCUT2D eigenvalue weighted by Crippen LogP contribution is 2.36. The Balaban J connectivity index is 1.71. The van der Waals surface area contributed by atoms with Crippen LogP contribution >= 0.6 is 0 Å². The Kier molecular flexibility index (Phi) is 5.52. The summed E-state index contributed by atoms with van der Waals surface area (Å²) in [6, 6.07) is 5.91. The van der Waals surface area contributed by atoms with E-state index in [0.29, 0.717) is 13.0 Å². The molecule has 25 heavy (non-hydrogen) atoms. The molecule has 1 aromatic rings. The van der Waals surface area contributed by atoms with Gasteiger partial charge in [-0.2, -0.15) is 0 Å². The summed E-state index contributed by atoms with van der Waals surface area (Å²) in [6.07, 6.45) is 3.10. The predicted molar refractivity (Wildman–Crippen MR) is 97.7 cm³/mol. The molecular weight excluding hydrogens is 316 g/mol. The summed E-state index contributed by atoms with van der Waals surface area (Å²) in [7, 11) is 0. The molecule has 0 N–H and O–H groups in total. The molecule has 1 saturated heterocycles. The van der Waals surface area contributed by atoms with Crippen molar-refractivity contribution in [2.45, 2.75) is 46.6 Å². The van der Waals surface area contributed by atoms with Gasteiger partial charge in [-0.15, -0.1) is 0 Å². The summed E-state index contributed by atoms with van der Waals surface area (Å²) in [5, 5.41) is 0. The maximum atomic E-state index is 12.9. The molecule has 2 aliphatic heterocycles. The maximum absolute atomic E-state index is 12.9. The zero-order chi connectivity index (χ0) is 17.9. The molecule has 2 aliphatic rings. The van der Waals surface area contributed by atoms with Gasteiger partial charge in [0.1, 0.15) is 0 Å². The van der Waals surface area contributed by atoms with E-state index >= 15 is 0 Å². The van der Waals surface area contributed by atoms with E-state index in [2.05, 4.69) is 25.7 Å². The average Bonchev–Trinajstić information content (AvgIpc) is 3.20. The van der Waals surface area contributed by atoms with E-state index in [1.165, 1.54) is 12.8 Å². The lowest BCUT2D eigenvalue weighted by Gasteiger charge is -2.29. The van der Waals surface area contributed by atoms with Crippen molar-refractivity contribution in [1.82, 2.24) is 9.80 Å². The van der Waals surface area contributed by atoms with Crippen molar-refractivity contribution in [2.24, 2.45) is 5.41 Å². The zero-order valence-electron chi connectivity index (χ0n) is 15.7. The normalized spacial score (nSPS) is 17.1. The van der Waals surface area contributed by atoms with Crippen LogP contribution in [0.5, 0.6) is 11.5 Å². The number of benzene rings is 1. The van der Waals surface area contributed by atoms with Crippen LogP contribution in [0.1, 0.15) is 45.6 Å². The van der Waals surface area contributed by atoms with Gasteiger partial charge in [-0.25, -0.2) is 0 Å². The molecule has 3 rings (SSSR count). The van der Waals surface area contributed by atoms with E-state index in [0.717, 1.165) is 43.2 Å². The van der Waals surface area contributed by atoms with Crippen LogP contribution in [-0.2, 0) is 11.3 Å². The summed E-state index contributed by atoms with van der Waals surface area (Å²) in [5.41, 5.74) is 1.01. The van der Waals surface area contributed by atoms with E-state index in [1.54, 1.807) is 0 Å². The molecule has 0 aromatic heterocycles. The van der Waals surface area contributed by atoms with Crippen LogP contribution < -0.4 is 9.47 Å². The number of amides is 1. The first kappa shape index (κ1) is 18.1. The molecule has 0 atom stereocenters. The highest BCUT2D eigenvalue weighted by molar-refractivity contribution is 5.77. The molecule has 138 valence electrons. The van der Waals surface area contributed by atoms with Crippen molar-refractivity contribution < 1.29 is 14.3 Å². The second kappa shape index (κ2) is 7.65. The first-order chi connectivity index (χ1) is 11.9. The van der Waals surface area contributed by atoms with Crippen LogP contribution in [0.2, 0.25) is 0 Å². The molecule has 0 unspecified atom stereocenters. The summed E-state index contributed by atoms with van der Waals surface area (Å²) in [4.78, 5) is 17.3. The number of nitrogens with zero attached hydrogens (tertiary/aromatic N) is 2. The topological polar surface area (TPSA) is 42.0 Å². The Morgan fingerprint density at radius 1 is 1.20 bits per heavy atom. The van der Waals surface area contributed by atoms with Crippen molar-refractivity contribution in [3.05, 3.63) is 23.8 Å². The zero-order valence-corrected chi connectivity index (χ0v) is 15.7. The monoisotopic (exact) mass is 346 g/mol. The number of para-hydroxylation sites is 1. The third kappa shape index (κ3) is 4.88. The van der Waals surface area contributed by atoms with Gasteiger partial charge in [0.25, 0.3) is 0 Å². The number of hydrogen-bond donors (Lipinski definition) is 0. The lowest BCUT2D eigenvalue weighted by Crippen LogP contribution is -2.39. The molecule has 0 radical (unpaired) electrons. The average molecular weight is 346 g/mol. The van der Waals surface area contributed by atoms with Gasteiger partial charge in [0, 0.05) is 31.6 Å². The Hall–Kier alpha value is -1.75. The quantitative estimate of drug-likeness (QED) is 0.793. The number of carbonyl (C=O) groups excluding carboxylic acids is 1. The summed E-state index contributed by atoms with van der Waals surface area (Å²) < 4.78 is 11.1. The van der Waals surface area contributed by atoms with E-state index < -0.39 is 0 Å². The number of likely N-dealkylation sites (tertiary alicyclic amines) is 1. The molecule has 2 heterocycles. The van der Waals surface area contributed by atoms with Crippen LogP contribution in [0, 0.1) is 5.41 Å². The lowest BCUT2D eigenvalue weighted by molar-refractivity contribution is -0.133. The highest BCUT2D eigenvalue weighted by atomic mass is 16.7. The summed E-state index contributed by atoms with van der Waals surface area (Å²) in [5.74, 6) is 1.78. The van der Waals surface area contributed by atoms with Crippen molar-refractivity contribution in [1.29, 1.82) is 0 Å². The highest BCUT2D eigenvalue weighted by Gasteiger charge is 2.25. The smallest absolute Gasteiger partial charge is 0.231 e. The Morgan fingerprint density at radius 3 is 2.68 bits per heavy atom. The largest absolute Gasteiger partial charge is 0.454 e. The van der Waals surface area contributed by atoms with Crippen LogP contribution in [0.15, 0.2) is 18.2 Å². The van der Waals surface area contributed by atoms with Gasteiger partial charge < -0.3 is 19.3 Å². The second-order valence-electron chi connectivity index (χ2n) is 8.25. The number of ether oxygens (including phenoxy) is 2. The minimum Gasteiger partial charge on any atom is -0.454 e. The molecule has 1 fully saturated rings. The third-order valence-electron chi connectivity index (χ3n) is 4.76. The van der Waals surface area contributed by atoms with Gasteiger partial charge in [0.15, 0.2) is 11.5 Å². The van der Waals surface area contributed by atoms with Gasteiger partial charge in [-0.3, -0.25) is 4.79 Å². The van der Waals surface area contributed by atoms with E-state index in [-0.39, 0.29) is 18.1 Å². The Labute approximate surface area is 150 Å². The van der Waals surface area contributed by atoms with Crippen LogP contribution in [0.25, 0.3) is 0 Å². The van der Waals surface area contributed by atoms with Crippen LogP contribution in [0.3, 0.4) is 0 Å². The number of hydrogen-bond acceptors (Lipinski definition) is 4. The van der Waals surface area contributed by atoms with Crippen LogP contribution in [0.4, 0.5) is 0 Å². The molecule has 5 heteroatoms. The lowest BCUT2D eigenvalue weighted by atomic mass is 9.91. The first-order valence-corrected chi connectivity index (χ1v) is 9.30. The standard InChI is InChI=1S/C20H30N2O3/c1-20(2,3)13-18(23)22(12-11-21-9-4-5-10-21)14-16-7-6-8-17-19(16)25-15-24-17/h6-8H,4-5,9-15H2,1-3H3. The van der Waals surface area contributed by atoms with Crippen molar-refractivity contribution in [3.63, 3.8) is 0 Å². The van der Waals surface area contributed by atoms with E-state index in [1.807, 2.05) is 23.1 Å². The molecular formula is C20H30N2O3. The number of rotatable bonds is 6. The minimum absolute atomic E-state index is 0.0127. The van der Waals surface area contributed by atoms with Gasteiger partial charge in [-0.05, 0) is 37.4 Å². The molecule has 1 aromatic carbocycles. The molecule has 5 nitrogen and oxygen atoms in total. The predicted octanol–water partition coefficient (Wildman–Crippen LogP) is 3.28. The van der Waals surface area contributed by atoms with Crippen molar-refractivity contribution >= 4 is 5.91 Å². The number of fused-ring (bicyclic) bond motifs is 1. The fourth-order valence-electron chi connectivity index (χ4n) is 3.45. The van der Waals surface area contributed by atoms with E-state index in [4.69, 9.17) is 9.47 Å². The van der Waals surface area contributed by atoms with Gasteiger partial charge in [0.05, 0.1) is 0 Å². The fraction of sp³-hybridized carbons (Fsp3) is 0.650. The van der Waals surface area contributed by atoms with E-state index in [9.17, 15) is 4.79 Å². The van der Waals surface area contributed by atoms with Gasteiger partial charge in [-0.1, -0.05) is 32.9 Å². The minimum atomic E-state index is -0.0127. The molecule has 0 bridgehead atoms. The Morgan fingerprint density at radius 2 is 1.96 bits per heavy atom. The van der Waals surface area contributed by atoms with Crippen molar-refractivity contribution in [3.8, 4) is 11.5 Å². The second-order valence-corrected chi connectivity index (χ2v) is 8.25. The SMILES string of the molecule is CC(C)(C)CC(=O)N(CCN1CCCC1)Cc1cccc2c1OCO2. The summed E-state index contributed by atoms with van der Waals surface area (Å²) in [6.45, 7) is 11.2. The molecule has 0 spiro atoms. The van der Waals surface area contributed by atoms with Gasteiger partial charge >= 0.3 is 0 Å². The molecule has 0 aliphatic carbocycles. The van der Waals surface area contributed by atoms with Gasteiger partial charge in [0.2, 0.25) is 12.7 Å². The Bertz CT molecular complexity index is 603. The first-order valence-electron chi connectivity index (χ1n) is 9.30. The fourth-order valence-corrected chi connectivity index (χ4v) is 3.45. The molecule has 1 amide bonds. The van der Waals surface area contributed by atoms with Crippen molar-refractivity contribution in [2.75, 3.05) is 33.0 Å². The maximum Gasteiger partial charge on any atom is 0.231 e. The third-order valence-corrected chi connectivity index (χ3v) is 4.76. The molecule has 0 saturated carbocycles.